The van der Waals surface area contributed by atoms with E-state index in [4.69, 9.17) is 4.98 Å². The van der Waals surface area contributed by atoms with E-state index in [1.807, 2.05) is 24.3 Å². The van der Waals surface area contributed by atoms with Crippen LogP contribution in [0.3, 0.4) is 0 Å². The Morgan fingerprint density at radius 1 is 0.703 bits per heavy atom. The number of fused-ring (bicyclic) bond motifs is 3. The molecule has 0 aliphatic rings. The molecular weight excluding hydrogens is 452 g/mol. The van der Waals surface area contributed by atoms with Gasteiger partial charge in [-0.05, 0) is 65.7 Å². The van der Waals surface area contributed by atoms with Crippen molar-refractivity contribution >= 4 is 27.5 Å². The molecular formula is C33H24N4. The lowest BCUT2D eigenvalue weighted by atomic mass is 10.0. The lowest BCUT2D eigenvalue weighted by Crippen LogP contribution is -2.02. The van der Waals surface area contributed by atoms with Gasteiger partial charge in [-0.25, -0.2) is 4.98 Å². The first-order valence-corrected chi connectivity index (χ1v) is 12.1. The normalized spacial score (nSPS) is 11.6. The summed E-state index contributed by atoms with van der Waals surface area (Å²) in [5.74, 6) is 0. The summed E-state index contributed by atoms with van der Waals surface area (Å²) in [5, 5.41) is 2.50. The molecule has 0 aliphatic carbocycles. The Hall–Kier alpha value is -5.09. The Morgan fingerprint density at radius 3 is 2.00 bits per heavy atom. The molecule has 0 unspecified atom stereocenters. The predicted molar refractivity (Wildman–Crippen MR) is 154 cm³/mol. The molecule has 0 saturated heterocycles. The van der Waals surface area contributed by atoms with E-state index < -0.39 is 0 Å². The largest absolute Gasteiger partial charge is 0.309 e. The van der Waals surface area contributed by atoms with Crippen LogP contribution in [0, 0.1) is 0 Å². The van der Waals surface area contributed by atoms with Crippen LogP contribution >= 0.6 is 0 Å². The fourth-order valence-corrected chi connectivity index (χ4v) is 4.80. The van der Waals surface area contributed by atoms with Crippen LogP contribution in [0.1, 0.15) is 5.69 Å². The van der Waals surface area contributed by atoms with Crippen molar-refractivity contribution in [1.82, 2.24) is 14.5 Å². The third-order valence-electron chi connectivity index (χ3n) is 6.48. The fourth-order valence-electron chi connectivity index (χ4n) is 4.80. The molecule has 0 fully saturated rings. The van der Waals surface area contributed by atoms with Gasteiger partial charge < -0.3 is 4.57 Å². The van der Waals surface area contributed by atoms with Crippen molar-refractivity contribution in [2.75, 3.05) is 0 Å². The molecule has 6 rings (SSSR count). The van der Waals surface area contributed by atoms with E-state index in [-0.39, 0.29) is 0 Å². The molecule has 3 aromatic heterocycles. The summed E-state index contributed by atoms with van der Waals surface area (Å²) < 4.78 is 2.32. The first-order chi connectivity index (χ1) is 18.3. The second kappa shape index (κ2) is 9.51. The van der Waals surface area contributed by atoms with E-state index >= 15 is 0 Å². The molecule has 37 heavy (non-hydrogen) atoms. The minimum atomic E-state index is 0.663. The number of aromatic nitrogens is 3. The first-order valence-electron chi connectivity index (χ1n) is 12.1. The lowest BCUT2D eigenvalue weighted by molar-refractivity contribution is 1.18. The Kier molecular flexibility index (Phi) is 5.75. The van der Waals surface area contributed by atoms with Crippen molar-refractivity contribution in [3.8, 4) is 28.2 Å². The summed E-state index contributed by atoms with van der Waals surface area (Å²) in [6.45, 7) is 7.65. The number of para-hydroxylation sites is 2. The van der Waals surface area contributed by atoms with E-state index in [1.165, 1.54) is 28.0 Å². The van der Waals surface area contributed by atoms with Crippen LogP contribution in [0.5, 0.6) is 0 Å². The summed E-state index contributed by atoms with van der Waals surface area (Å²) in [6.07, 6.45) is 4.98. The molecule has 0 amide bonds. The van der Waals surface area contributed by atoms with Gasteiger partial charge in [-0.15, -0.1) is 0 Å². The SMILES string of the molecule is C=CN=C(C=C)c1cc(-c2ccc(-n3c4ccccc4c4ccccc43)cc2)cc(-c2ccccn2)n1. The fraction of sp³-hybridized carbons (Fsp3) is 0. The summed E-state index contributed by atoms with van der Waals surface area (Å²) in [7, 11) is 0. The molecule has 0 N–H and O–H groups in total. The van der Waals surface area contributed by atoms with Gasteiger partial charge in [0.1, 0.15) is 0 Å². The van der Waals surface area contributed by atoms with Gasteiger partial charge in [0.25, 0.3) is 0 Å². The Balaban J connectivity index is 1.49. The van der Waals surface area contributed by atoms with Crippen LogP contribution in [0.15, 0.2) is 140 Å². The monoisotopic (exact) mass is 476 g/mol. The zero-order valence-corrected chi connectivity index (χ0v) is 20.3. The van der Waals surface area contributed by atoms with Crippen LogP contribution in [-0.4, -0.2) is 20.2 Å². The third-order valence-corrected chi connectivity index (χ3v) is 6.48. The molecule has 3 aromatic carbocycles. The summed E-state index contributed by atoms with van der Waals surface area (Å²) in [5.41, 5.74) is 8.56. The lowest BCUT2D eigenvalue weighted by Gasteiger charge is -2.11. The van der Waals surface area contributed by atoms with Gasteiger partial charge in [0.05, 0.1) is 33.8 Å². The standard InChI is InChI=1S/C33H24N4/c1-3-28(34-4-2)30-21-24(22-31(36-30)29-13-9-10-20-35-29)23-16-18-25(19-17-23)37-32-14-7-5-11-26(32)27-12-6-8-15-33(27)37/h3-22H,1-2H2. The van der Waals surface area contributed by atoms with E-state index in [0.29, 0.717) is 5.71 Å². The third kappa shape index (κ3) is 4.05. The van der Waals surface area contributed by atoms with Crippen molar-refractivity contribution in [3.63, 3.8) is 0 Å². The number of pyridine rings is 2. The number of benzene rings is 3. The van der Waals surface area contributed by atoms with Gasteiger partial charge in [0.2, 0.25) is 0 Å². The summed E-state index contributed by atoms with van der Waals surface area (Å²) in [4.78, 5) is 13.7. The minimum absolute atomic E-state index is 0.663. The molecule has 0 bridgehead atoms. The molecule has 176 valence electrons. The maximum atomic E-state index is 4.83. The van der Waals surface area contributed by atoms with E-state index in [1.54, 1.807) is 12.3 Å². The Bertz CT molecular complexity index is 1740. The van der Waals surface area contributed by atoms with Crippen LogP contribution in [-0.2, 0) is 0 Å². The highest BCUT2D eigenvalue weighted by molar-refractivity contribution is 6.09. The number of allylic oxidation sites excluding steroid dienone is 1. The zero-order chi connectivity index (χ0) is 25.2. The van der Waals surface area contributed by atoms with E-state index in [9.17, 15) is 0 Å². The molecule has 6 aromatic rings. The minimum Gasteiger partial charge on any atom is -0.309 e. The van der Waals surface area contributed by atoms with Crippen molar-refractivity contribution < 1.29 is 0 Å². The van der Waals surface area contributed by atoms with Gasteiger partial charge in [-0.3, -0.25) is 9.98 Å². The zero-order valence-electron chi connectivity index (χ0n) is 20.3. The van der Waals surface area contributed by atoms with Crippen molar-refractivity contribution in [1.29, 1.82) is 0 Å². The quantitative estimate of drug-likeness (QED) is 0.228. The highest BCUT2D eigenvalue weighted by atomic mass is 15.0. The number of hydrogen-bond acceptors (Lipinski definition) is 3. The van der Waals surface area contributed by atoms with Crippen LogP contribution in [0.2, 0.25) is 0 Å². The van der Waals surface area contributed by atoms with Crippen LogP contribution in [0.25, 0.3) is 50.0 Å². The van der Waals surface area contributed by atoms with Gasteiger partial charge in [0, 0.05) is 28.9 Å². The van der Waals surface area contributed by atoms with Gasteiger partial charge in [0.15, 0.2) is 0 Å². The number of hydrogen-bond donors (Lipinski definition) is 0. The highest BCUT2D eigenvalue weighted by Crippen LogP contribution is 2.33. The molecule has 0 saturated carbocycles. The van der Waals surface area contributed by atoms with Gasteiger partial charge in [-0.2, -0.15) is 0 Å². The molecule has 0 spiro atoms. The Morgan fingerprint density at radius 2 is 1.38 bits per heavy atom. The highest BCUT2D eigenvalue weighted by Gasteiger charge is 2.13. The molecule has 0 radical (unpaired) electrons. The molecule has 4 heteroatoms. The summed E-state index contributed by atoms with van der Waals surface area (Å²) in [6, 6.07) is 35.6. The second-order valence-corrected chi connectivity index (χ2v) is 8.66. The summed E-state index contributed by atoms with van der Waals surface area (Å²) >= 11 is 0. The maximum Gasteiger partial charge on any atom is 0.0900 e. The van der Waals surface area contributed by atoms with Gasteiger partial charge in [-0.1, -0.05) is 67.8 Å². The van der Waals surface area contributed by atoms with Crippen LogP contribution in [0.4, 0.5) is 0 Å². The average molecular weight is 477 g/mol. The molecule has 0 atom stereocenters. The number of nitrogens with zero attached hydrogens (tertiary/aromatic N) is 4. The predicted octanol–water partition coefficient (Wildman–Crippen LogP) is 8.03. The van der Waals surface area contributed by atoms with Crippen molar-refractivity contribution in [2.24, 2.45) is 4.99 Å². The second-order valence-electron chi connectivity index (χ2n) is 8.66. The smallest absolute Gasteiger partial charge is 0.0900 e. The van der Waals surface area contributed by atoms with Crippen molar-refractivity contribution in [3.05, 3.63) is 140 Å². The number of rotatable bonds is 6. The van der Waals surface area contributed by atoms with Gasteiger partial charge >= 0.3 is 0 Å². The first kappa shape index (κ1) is 22.4. The van der Waals surface area contributed by atoms with E-state index in [2.05, 4.69) is 107 Å². The topological polar surface area (TPSA) is 43.1 Å². The van der Waals surface area contributed by atoms with E-state index in [0.717, 1.165) is 33.9 Å². The molecule has 4 nitrogen and oxygen atoms in total. The Labute approximate surface area is 215 Å². The van der Waals surface area contributed by atoms with Crippen LogP contribution < -0.4 is 0 Å². The average Bonchev–Trinajstić information content (AvgIpc) is 3.31. The maximum absolute atomic E-state index is 4.83. The van der Waals surface area contributed by atoms with Crippen molar-refractivity contribution in [2.45, 2.75) is 0 Å². The molecule has 0 aliphatic heterocycles. The molecule has 3 heterocycles. The number of aliphatic imine (C=N–C) groups is 1.